The number of hydrogen-bond acceptors (Lipinski definition) is 4. The maximum atomic E-state index is 14.1. The molecule has 1 saturated heterocycles. The molecule has 1 unspecified atom stereocenters. The fraction of sp³-hybridized carbons (Fsp3) is 0.615. The van der Waals surface area contributed by atoms with Gasteiger partial charge in [0.15, 0.2) is 11.6 Å². The summed E-state index contributed by atoms with van der Waals surface area (Å²) in [7, 11) is 0. The number of hydrogen-bond donors (Lipinski definition) is 2. The second kappa shape index (κ2) is 11.6. The molecule has 0 spiro atoms. The van der Waals surface area contributed by atoms with E-state index in [4.69, 9.17) is 4.74 Å². The molecule has 0 aromatic heterocycles. The second-order valence-electron chi connectivity index (χ2n) is 9.66. The van der Waals surface area contributed by atoms with Gasteiger partial charge in [-0.05, 0) is 89.0 Å². The molecule has 32 heavy (non-hydrogen) atoms. The average Bonchev–Trinajstić information content (AvgIpc) is 3.57. The van der Waals surface area contributed by atoms with Crippen LogP contribution in [0.5, 0.6) is 5.75 Å². The standard InChI is InChI=1S/C26H37FN2O3/c1-26(2,21-13-14-22(27)23(17-21)32-18-19-10-11-19)28-16-8-6-4-3-5-7-9-20-12-15-24(30)29-25(20)31/h5,7,13-14,17,19-20,28H,3-4,6,8-12,15-16,18H2,1-2H3,(H,29,30,31)/b7-5+. The molecule has 2 amide bonds. The van der Waals surface area contributed by atoms with E-state index in [1.54, 1.807) is 0 Å². The molecule has 176 valence electrons. The molecule has 0 bridgehead atoms. The van der Waals surface area contributed by atoms with Gasteiger partial charge in [0.05, 0.1) is 6.61 Å². The fourth-order valence-electron chi connectivity index (χ4n) is 3.90. The van der Waals surface area contributed by atoms with Gasteiger partial charge in [0, 0.05) is 17.9 Å². The second-order valence-corrected chi connectivity index (χ2v) is 9.66. The number of carbonyl (C=O) groups is 2. The van der Waals surface area contributed by atoms with Crippen LogP contribution in [-0.4, -0.2) is 25.0 Å². The van der Waals surface area contributed by atoms with Crippen molar-refractivity contribution in [2.75, 3.05) is 13.2 Å². The molecule has 1 aliphatic carbocycles. The first-order valence-corrected chi connectivity index (χ1v) is 12.0. The third-order valence-electron chi connectivity index (χ3n) is 6.38. The molecule has 1 aromatic rings. The smallest absolute Gasteiger partial charge is 0.229 e. The molecule has 2 fully saturated rings. The Balaban J connectivity index is 1.30. The van der Waals surface area contributed by atoms with Crippen LogP contribution >= 0.6 is 0 Å². The Hall–Kier alpha value is -2.21. The predicted octanol–water partition coefficient (Wildman–Crippen LogP) is 5.00. The highest BCUT2D eigenvalue weighted by molar-refractivity contribution is 5.98. The van der Waals surface area contributed by atoms with Crippen LogP contribution in [0.25, 0.3) is 0 Å². The van der Waals surface area contributed by atoms with Crippen LogP contribution in [0, 0.1) is 17.7 Å². The minimum absolute atomic E-state index is 0.0681. The molecule has 1 heterocycles. The van der Waals surface area contributed by atoms with Crippen LogP contribution in [0.3, 0.4) is 0 Å². The van der Waals surface area contributed by atoms with Crippen molar-refractivity contribution < 1.29 is 18.7 Å². The van der Waals surface area contributed by atoms with Gasteiger partial charge in [-0.3, -0.25) is 14.9 Å². The van der Waals surface area contributed by atoms with E-state index in [0.717, 1.165) is 37.8 Å². The molecular weight excluding hydrogens is 407 g/mol. The Kier molecular flexibility index (Phi) is 8.85. The van der Waals surface area contributed by atoms with Gasteiger partial charge >= 0.3 is 0 Å². The lowest BCUT2D eigenvalue weighted by molar-refractivity contribution is -0.136. The van der Waals surface area contributed by atoms with E-state index in [9.17, 15) is 14.0 Å². The highest BCUT2D eigenvalue weighted by Crippen LogP contribution is 2.32. The Morgan fingerprint density at radius 1 is 1.16 bits per heavy atom. The van der Waals surface area contributed by atoms with Crippen molar-refractivity contribution in [1.29, 1.82) is 0 Å². The summed E-state index contributed by atoms with van der Waals surface area (Å²) in [5, 5.41) is 5.99. The normalized spacial score (nSPS) is 19.4. The third-order valence-corrected chi connectivity index (χ3v) is 6.38. The largest absolute Gasteiger partial charge is 0.490 e. The average molecular weight is 445 g/mol. The summed E-state index contributed by atoms with van der Waals surface area (Å²) in [5.74, 6) is 0.290. The lowest BCUT2D eigenvalue weighted by Crippen LogP contribution is -2.40. The number of nitrogens with one attached hydrogen (secondary N) is 2. The molecule has 2 aliphatic rings. The van der Waals surface area contributed by atoms with Crippen LogP contribution in [-0.2, 0) is 15.1 Å². The first-order chi connectivity index (χ1) is 15.3. The lowest BCUT2D eigenvalue weighted by Gasteiger charge is -2.27. The van der Waals surface area contributed by atoms with Crippen LogP contribution in [0.15, 0.2) is 30.4 Å². The number of amides is 2. The van der Waals surface area contributed by atoms with Gasteiger partial charge in [0.25, 0.3) is 0 Å². The van der Waals surface area contributed by atoms with E-state index < -0.39 is 0 Å². The first-order valence-electron chi connectivity index (χ1n) is 12.0. The van der Waals surface area contributed by atoms with Gasteiger partial charge in [-0.15, -0.1) is 0 Å². The fourth-order valence-corrected chi connectivity index (χ4v) is 3.90. The number of allylic oxidation sites excluding steroid dienone is 2. The van der Waals surface area contributed by atoms with Gasteiger partial charge < -0.3 is 10.1 Å². The van der Waals surface area contributed by atoms with Crippen LogP contribution < -0.4 is 15.4 Å². The van der Waals surface area contributed by atoms with E-state index in [-0.39, 0.29) is 29.1 Å². The SMILES string of the molecule is CC(C)(NCCCCC/C=C/CC1CCC(=O)NC1=O)c1ccc(F)c(OCC2CC2)c1. The number of ether oxygens (including phenoxy) is 1. The Morgan fingerprint density at radius 3 is 2.72 bits per heavy atom. The number of benzene rings is 1. The van der Waals surface area contributed by atoms with Crippen molar-refractivity contribution in [2.45, 2.75) is 77.2 Å². The minimum Gasteiger partial charge on any atom is -0.490 e. The summed E-state index contributed by atoms with van der Waals surface area (Å²) in [5.41, 5.74) is 0.772. The molecule has 3 rings (SSSR count). The zero-order valence-electron chi connectivity index (χ0n) is 19.4. The number of imide groups is 1. The van der Waals surface area contributed by atoms with Crippen molar-refractivity contribution in [1.82, 2.24) is 10.6 Å². The van der Waals surface area contributed by atoms with E-state index in [1.807, 2.05) is 12.1 Å². The number of carbonyl (C=O) groups excluding carboxylic acids is 2. The van der Waals surface area contributed by atoms with Gasteiger partial charge in [-0.1, -0.05) is 24.6 Å². The van der Waals surface area contributed by atoms with E-state index in [1.165, 1.54) is 18.9 Å². The van der Waals surface area contributed by atoms with Gasteiger partial charge in [0.2, 0.25) is 11.8 Å². The van der Waals surface area contributed by atoms with Crippen molar-refractivity contribution in [3.05, 3.63) is 41.7 Å². The molecule has 1 saturated carbocycles. The lowest BCUT2D eigenvalue weighted by atomic mass is 9.93. The number of unbranched alkanes of at least 4 members (excludes halogenated alkanes) is 3. The van der Waals surface area contributed by atoms with Crippen LogP contribution in [0.1, 0.15) is 77.2 Å². The first kappa shape index (κ1) is 24.4. The van der Waals surface area contributed by atoms with Crippen molar-refractivity contribution in [2.24, 2.45) is 11.8 Å². The molecule has 5 nitrogen and oxygen atoms in total. The van der Waals surface area contributed by atoms with Crippen molar-refractivity contribution >= 4 is 11.8 Å². The van der Waals surface area contributed by atoms with E-state index >= 15 is 0 Å². The summed E-state index contributed by atoms with van der Waals surface area (Å²) in [6.45, 7) is 5.73. The summed E-state index contributed by atoms with van der Waals surface area (Å²) in [6.07, 6.45) is 12.7. The van der Waals surface area contributed by atoms with Gasteiger partial charge in [-0.25, -0.2) is 4.39 Å². The quantitative estimate of drug-likeness (QED) is 0.255. The van der Waals surface area contributed by atoms with Crippen LogP contribution in [0.4, 0.5) is 4.39 Å². The summed E-state index contributed by atoms with van der Waals surface area (Å²) >= 11 is 0. The zero-order chi connectivity index (χ0) is 23.0. The molecule has 1 aromatic carbocycles. The minimum atomic E-state index is -0.296. The monoisotopic (exact) mass is 444 g/mol. The molecule has 0 radical (unpaired) electrons. The van der Waals surface area contributed by atoms with Crippen molar-refractivity contribution in [3.8, 4) is 5.75 Å². The number of halogens is 1. The molecular formula is C26H37FN2O3. The van der Waals surface area contributed by atoms with E-state index in [2.05, 4.69) is 36.6 Å². The predicted molar refractivity (Wildman–Crippen MR) is 124 cm³/mol. The Bertz CT molecular complexity index is 817. The van der Waals surface area contributed by atoms with Gasteiger partial charge in [-0.2, -0.15) is 0 Å². The maximum absolute atomic E-state index is 14.1. The van der Waals surface area contributed by atoms with Crippen LogP contribution in [0.2, 0.25) is 0 Å². The summed E-state index contributed by atoms with van der Waals surface area (Å²) in [4.78, 5) is 22.9. The Labute approximate surface area is 191 Å². The summed E-state index contributed by atoms with van der Waals surface area (Å²) in [6, 6.07) is 5.17. The van der Waals surface area contributed by atoms with Gasteiger partial charge in [0.1, 0.15) is 0 Å². The third kappa shape index (κ3) is 7.73. The van der Waals surface area contributed by atoms with Crippen molar-refractivity contribution in [3.63, 3.8) is 0 Å². The molecule has 2 N–H and O–H groups in total. The molecule has 1 atom stereocenters. The summed E-state index contributed by atoms with van der Waals surface area (Å²) < 4.78 is 19.8. The zero-order valence-corrected chi connectivity index (χ0v) is 19.4. The Morgan fingerprint density at radius 2 is 1.97 bits per heavy atom. The molecule has 1 aliphatic heterocycles. The topological polar surface area (TPSA) is 67.4 Å². The molecule has 6 heteroatoms. The highest BCUT2D eigenvalue weighted by atomic mass is 19.1. The number of piperidine rings is 1. The van der Waals surface area contributed by atoms with E-state index in [0.29, 0.717) is 37.5 Å². The number of rotatable bonds is 13. The highest BCUT2D eigenvalue weighted by Gasteiger charge is 2.25. The maximum Gasteiger partial charge on any atom is 0.229 e.